The molecule has 0 aliphatic heterocycles. The lowest BCUT2D eigenvalue weighted by molar-refractivity contribution is 0.670. The first kappa shape index (κ1) is 38.7. The Kier molecular flexibility index (Phi) is 8.33. The van der Waals surface area contributed by atoms with Crippen molar-refractivity contribution in [2.24, 2.45) is 0 Å². The Morgan fingerprint density at radius 1 is 0.257 bits per heavy atom. The standard InChI is InChI=1S/C66H40N2O2/c1-3-16-41(17-4-1)45-20-15-21-48(37-45)67-59-27-12-8-25-55(59)62-56(40-57-52-24-10-14-29-61(52)70-66(57)64(62)67)44-32-30-43(31-33-44)47-36-46(42-18-5-2-6-19-42)38-49(39-47)68-58-26-11-7-22-50(58)53-34-35-54-51-23-9-13-28-60(51)69-65(54)63(53)68/h1-40H. The Morgan fingerprint density at radius 2 is 0.743 bits per heavy atom. The van der Waals surface area contributed by atoms with E-state index in [9.17, 15) is 0 Å². The van der Waals surface area contributed by atoms with Gasteiger partial charge in [-0.2, -0.15) is 0 Å². The Hall–Kier alpha value is -9.38. The largest absolute Gasteiger partial charge is 0.454 e. The van der Waals surface area contributed by atoms with Crippen LogP contribution in [-0.2, 0) is 0 Å². The maximum atomic E-state index is 6.89. The second kappa shape index (κ2) is 15.1. The number of hydrogen-bond donors (Lipinski definition) is 0. The zero-order chi connectivity index (χ0) is 45.9. The molecule has 15 rings (SSSR count). The molecule has 0 spiro atoms. The van der Waals surface area contributed by atoms with Crippen LogP contribution in [0.2, 0.25) is 0 Å². The third-order valence-electron chi connectivity index (χ3n) is 14.5. The van der Waals surface area contributed by atoms with Crippen LogP contribution in [0.4, 0.5) is 0 Å². The normalized spacial score (nSPS) is 12.0. The Labute approximate surface area is 402 Å². The average Bonchev–Trinajstić information content (AvgIpc) is 4.19. The van der Waals surface area contributed by atoms with Crippen molar-refractivity contribution in [3.8, 4) is 55.9 Å². The quantitative estimate of drug-likeness (QED) is 0.167. The van der Waals surface area contributed by atoms with Crippen LogP contribution in [-0.4, -0.2) is 9.13 Å². The molecule has 0 bridgehead atoms. The number of rotatable bonds is 6. The summed E-state index contributed by atoms with van der Waals surface area (Å²) in [4.78, 5) is 0. The van der Waals surface area contributed by atoms with Crippen molar-refractivity contribution in [2.45, 2.75) is 0 Å². The van der Waals surface area contributed by atoms with Gasteiger partial charge in [-0.05, 0) is 111 Å². The first-order chi connectivity index (χ1) is 34.7. The van der Waals surface area contributed by atoms with Crippen LogP contribution in [0.25, 0.3) is 143 Å². The summed E-state index contributed by atoms with van der Waals surface area (Å²) in [6.45, 7) is 0. The summed E-state index contributed by atoms with van der Waals surface area (Å²) < 4.78 is 18.5. The third kappa shape index (κ3) is 5.77. The first-order valence-corrected chi connectivity index (χ1v) is 23.9. The highest BCUT2D eigenvalue weighted by molar-refractivity contribution is 6.26. The summed E-state index contributed by atoms with van der Waals surface area (Å²) in [5.41, 5.74) is 19.3. The van der Waals surface area contributed by atoms with Crippen LogP contribution < -0.4 is 0 Å². The summed E-state index contributed by atoms with van der Waals surface area (Å²) >= 11 is 0. The lowest BCUT2D eigenvalue weighted by atomic mass is 9.94. The fraction of sp³-hybridized carbons (Fsp3) is 0. The second-order valence-electron chi connectivity index (χ2n) is 18.4. The summed E-state index contributed by atoms with van der Waals surface area (Å²) in [6.07, 6.45) is 0. The van der Waals surface area contributed by atoms with Crippen molar-refractivity contribution in [1.29, 1.82) is 0 Å². The number of furan rings is 2. The molecular formula is C66H40N2O2. The van der Waals surface area contributed by atoms with Gasteiger partial charge in [0.05, 0.1) is 22.1 Å². The third-order valence-corrected chi connectivity index (χ3v) is 14.5. The van der Waals surface area contributed by atoms with Crippen molar-refractivity contribution in [2.75, 3.05) is 0 Å². The van der Waals surface area contributed by atoms with Gasteiger partial charge in [-0.15, -0.1) is 0 Å². The van der Waals surface area contributed by atoms with E-state index in [1.54, 1.807) is 0 Å². The van der Waals surface area contributed by atoms with Crippen molar-refractivity contribution in [3.63, 3.8) is 0 Å². The van der Waals surface area contributed by atoms with Crippen molar-refractivity contribution in [1.82, 2.24) is 9.13 Å². The van der Waals surface area contributed by atoms with E-state index in [1.165, 1.54) is 16.3 Å². The molecule has 0 saturated heterocycles. The fourth-order valence-corrected chi connectivity index (χ4v) is 11.3. The van der Waals surface area contributed by atoms with Crippen molar-refractivity contribution in [3.05, 3.63) is 243 Å². The molecular weight excluding hydrogens is 853 g/mol. The van der Waals surface area contributed by atoms with Crippen LogP contribution in [0.3, 0.4) is 0 Å². The van der Waals surface area contributed by atoms with Crippen LogP contribution >= 0.6 is 0 Å². The molecule has 0 N–H and O–H groups in total. The predicted molar refractivity (Wildman–Crippen MR) is 291 cm³/mol. The SMILES string of the molecule is c1ccc(-c2cc(-c3ccc(-c4cc5c6ccccc6oc5c5c4c4ccccc4n5-c4cccc(-c5ccccc5)c4)cc3)cc(-n3c4ccccc4c4ccc5c6ccccc6oc5c43)c2)cc1. The molecule has 4 heterocycles. The van der Waals surface area contributed by atoms with Crippen LogP contribution in [0, 0.1) is 0 Å². The zero-order valence-corrected chi connectivity index (χ0v) is 37.8. The molecule has 0 radical (unpaired) electrons. The fourth-order valence-electron chi connectivity index (χ4n) is 11.3. The molecule has 0 aliphatic rings. The van der Waals surface area contributed by atoms with E-state index in [2.05, 4.69) is 246 Å². The first-order valence-electron chi connectivity index (χ1n) is 23.9. The topological polar surface area (TPSA) is 36.1 Å². The Bertz CT molecular complexity index is 4570. The van der Waals surface area contributed by atoms with Gasteiger partial charge in [0.15, 0.2) is 11.2 Å². The monoisotopic (exact) mass is 892 g/mol. The van der Waals surface area contributed by atoms with E-state index >= 15 is 0 Å². The van der Waals surface area contributed by atoms with Gasteiger partial charge in [-0.1, -0.05) is 176 Å². The average molecular weight is 893 g/mol. The second-order valence-corrected chi connectivity index (χ2v) is 18.4. The Balaban J connectivity index is 0.952. The molecule has 0 aliphatic carbocycles. The summed E-state index contributed by atoms with van der Waals surface area (Å²) in [5, 5.41) is 9.12. The van der Waals surface area contributed by atoms with Crippen LogP contribution in [0.5, 0.6) is 0 Å². The molecule has 11 aromatic carbocycles. The number of para-hydroxylation sites is 4. The van der Waals surface area contributed by atoms with E-state index in [0.29, 0.717) is 0 Å². The molecule has 0 amide bonds. The molecule has 0 saturated carbocycles. The molecule has 4 heteroatoms. The van der Waals surface area contributed by atoms with Crippen LogP contribution in [0.15, 0.2) is 251 Å². The summed E-state index contributed by atoms with van der Waals surface area (Å²) in [5.74, 6) is 0. The van der Waals surface area contributed by atoms with E-state index in [1.807, 2.05) is 6.07 Å². The summed E-state index contributed by atoms with van der Waals surface area (Å²) in [6, 6.07) is 87.5. The summed E-state index contributed by atoms with van der Waals surface area (Å²) in [7, 11) is 0. The molecule has 0 fully saturated rings. The highest BCUT2D eigenvalue weighted by Gasteiger charge is 2.24. The lowest BCUT2D eigenvalue weighted by Crippen LogP contribution is -1.96. The van der Waals surface area contributed by atoms with E-state index < -0.39 is 0 Å². The molecule has 4 aromatic heterocycles. The van der Waals surface area contributed by atoms with Gasteiger partial charge in [0, 0.05) is 54.5 Å². The number of nitrogens with zero attached hydrogens (tertiary/aromatic N) is 2. The van der Waals surface area contributed by atoms with Gasteiger partial charge < -0.3 is 18.0 Å². The van der Waals surface area contributed by atoms with Gasteiger partial charge in [0.25, 0.3) is 0 Å². The minimum atomic E-state index is 0.875. The molecule has 15 aromatic rings. The van der Waals surface area contributed by atoms with E-state index in [0.717, 1.165) is 127 Å². The van der Waals surface area contributed by atoms with Crippen molar-refractivity contribution >= 4 is 87.5 Å². The van der Waals surface area contributed by atoms with Gasteiger partial charge in [-0.25, -0.2) is 0 Å². The predicted octanol–water partition coefficient (Wildman–Crippen LogP) is 18.3. The van der Waals surface area contributed by atoms with Gasteiger partial charge >= 0.3 is 0 Å². The highest BCUT2D eigenvalue weighted by Crippen LogP contribution is 2.47. The number of benzene rings is 11. The maximum Gasteiger partial charge on any atom is 0.160 e. The Morgan fingerprint density at radius 3 is 1.44 bits per heavy atom. The minimum Gasteiger partial charge on any atom is -0.454 e. The maximum absolute atomic E-state index is 6.89. The van der Waals surface area contributed by atoms with Gasteiger partial charge in [-0.3, -0.25) is 0 Å². The zero-order valence-electron chi connectivity index (χ0n) is 37.8. The molecule has 4 nitrogen and oxygen atoms in total. The highest BCUT2D eigenvalue weighted by atomic mass is 16.3. The lowest BCUT2D eigenvalue weighted by Gasteiger charge is -2.15. The smallest absolute Gasteiger partial charge is 0.160 e. The molecule has 326 valence electrons. The van der Waals surface area contributed by atoms with Gasteiger partial charge in [0.2, 0.25) is 0 Å². The van der Waals surface area contributed by atoms with Crippen LogP contribution in [0.1, 0.15) is 0 Å². The van der Waals surface area contributed by atoms with E-state index in [4.69, 9.17) is 8.83 Å². The number of hydrogen-bond acceptors (Lipinski definition) is 2. The van der Waals surface area contributed by atoms with Gasteiger partial charge in [0.1, 0.15) is 11.2 Å². The number of aromatic nitrogens is 2. The minimum absolute atomic E-state index is 0.875. The number of fused-ring (bicyclic) bond motifs is 14. The molecule has 0 atom stereocenters. The molecule has 70 heavy (non-hydrogen) atoms. The van der Waals surface area contributed by atoms with Crippen molar-refractivity contribution < 1.29 is 8.83 Å². The molecule has 0 unspecified atom stereocenters. The van der Waals surface area contributed by atoms with E-state index in [-0.39, 0.29) is 0 Å².